The molecule has 112 valence electrons. The van der Waals surface area contributed by atoms with Crippen molar-refractivity contribution in [1.29, 1.82) is 0 Å². The van der Waals surface area contributed by atoms with Gasteiger partial charge in [0.2, 0.25) is 0 Å². The number of hydrogen-bond acceptors (Lipinski definition) is 2. The maximum absolute atomic E-state index is 12.2. The lowest BCUT2D eigenvalue weighted by atomic mass is 10.1. The van der Waals surface area contributed by atoms with Gasteiger partial charge >= 0.3 is 0 Å². The Balaban J connectivity index is 1.99. The molecule has 0 aliphatic rings. The molecule has 1 heterocycles. The summed E-state index contributed by atoms with van der Waals surface area (Å²) >= 11 is 1.57. The minimum atomic E-state index is -0.105. The smallest absolute Gasteiger partial charge is 0.252 e. The fraction of sp³-hybridized carbons (Fsp3) is 0.222. The first-order valence-electron chi connectivity index (χ1n) is 7.38. The van der Waals surface area contributed by atoms with Crippen molar-refractivity contribution in [1.82, 2.24) is 4.57 Å². The first-order chi connectivity index (χ1) is 10.7. The van der Waals surface area contributed by atoms with Crippen LogP contribution in [0.2, 0.25) is 0 Å². The number of para-hydroxylation sites is 1. The number of carbonyl (C=O) groups excluding carboxylic acids is 1. The third-order valence-corrected chi connectivity index (χ3v) is 4.80. The van der Waals surface area contributed by atoms with Crippen LogP contribution < -0.4 is 4.80 Å². The Hall–Kier alpha value is -2.20. The van der Waals surface area contributed by atoms with Crippen molar-refractivity contribution in [3.8, 4) is 0 Å². The molecular formula is C18H18N2OS. The van der Waals surface area contributed by atoms with E-state index in [9.17, 15) is 4.79 Å². The van der Waals surface area contributed by atoms with E-state index in [1.807, 2.05) is 41.9 Å². The molecule has 22 heavy (non-hydrogen) atoms. The van der Waals surface area contributed by atoms with Crippen LogP contribution in [0.3, 0.4) is 0 Å². The highest BCUT2D eigenvalue weighted by atomic mass is 32.1. The topological polar surface area (TPSA) is 34.4 Å². The summed E-state index contributed by atoms with van der Waals surface area (Å²) in [6, 6.07) is 16.0. The summed E-state index contributed by atoms with van der Waals surface area (Å²) in [5.41, 5.74) is 3.46. The molecule has 0 aliphatic carbocycles. The van der Waals surface area contributed by atoms with Crippen LogP contribution in [-0.4, -0.2) is 10.5 Å². The first-order valence-corrected chi connectivity index (χ1v) is 8.19. The fourth-order valence-corrected chi connectivity index (χ4v) is 3.68. The van der Waals surface area contributed by atoms with Gasteiger partial charge in [-0.1, -0.05) is 60.7 Å². The second-order valence-electron chi connectivity index (χ2n) is 5.23. The Kier molecular flexibility index (Phi) is 4.20. The predicted octanol–water partition coefficient (Wildman–Crippen LogP) is 3.47. The SMILES string of the molecule is CCc1cccc2sc(=NC(=O)Cc3ccccc3)n(C)c12. The van der Waals surface area contributed by atoms with E-state index in [2.05, 4.69) is 30.1 Å². The third-order valence-electron chi connectivity index (χ3n) is 3.71. The number of benzene rings is 2. The van der Waals surface area contributed by atoms with Crippen molar-refractivity contribution < 1.29 is 4.79 Å². The van der Waals surface area contributed by atoms with Gasteiger partial charge in [0, 0.05) is 7.05 Å². The molecule has 0 unspecified atom stereocenters. The van der Waals surface area contributed by atoms with Gasteiger partial charge in [-0.2, -0.15) is 4.99 Å². The lowest BCUT2D eigenvalue weighted by molar-refractivity contribution is -0.117. The molecule has 0 bridgehead atoms. The van der Waals surface area contributed by atoms with Gasteiger partial charge in [-0.05, 0) is 23.6 Å². The average Bonchev–Trinajstić information content (AvgIpc) is 2.84. The summed E-state index contributed by atoms with van der Waals surface area (Å²) < 4.78 is 3.20. The van der Waals surface area contributed by atoms with E-state index in [1.54, 1.807) is 11.3 Å². The number of aryl methyl sites for hydroxylation is 2. The lowest BCUT2D eigenvalue weighted by Gasteiger charge is -2.02. The minimum absolute atomic E-state index is 0.105. The number of thiazole rings is 1. The van der Waals surface area contributed by atoms with Gasteiger partial charge in [0.25, 0.3) is 5.91 Å². The molecule has 0 atom stereocenters. The Morgan fingerprint density at radius 2 is 1.91 bits per heavy atom. The second kappa shape index (κ2) is 6.28. The molecule has 1 amide bonds. The van der Waals surface area contributed by atoms with Crippen LogP contribution in [0, 0.1) is 0 Å². The maximum atomic E-state index is 12.2. The van der Waals surface area contributed by atoms with Crippen LogP contribution in [0.5, 0.6) is 0 Å². The van der Waals surface area contributed by atoms with E-state index in [0.717, 1.165) is 16.8 Å². The molecule has 0 saturated carbocycles. The average molecular weight is 310 g/mol. The maximum Gasteiger partial charge on any atom is 0.252 e. The summed E-state index contributed by atoms with van der Waals surface area (Å²) in [5.74, 6) is -0.105. The molecule has 2 aromatic carbocycles. The van der Waals surface area contributed by atoms with Crippen molar-refractivity contribution in [2.75, 3.05) is 0 Å². The summed E-state index contributed by atoms with van der Waals surface area (Å²) in [6.07, 6.45) is 1.31. The zero-order chi connectivity index (χ0) is 15.5. The quantitative estimate of drug-likeness (QED) is 0.729. The molecule has 0 aliphatic heterocycles. The fourth-order valence-electron chi connectivity index (χ4n) is 2.59. The summed E-state index contributed by atoms with van der Waals surface area (Å²) in [7, 11) is 1.98. The van der Waals surface area contributed by atoms with Crippen molar-refractivity contribution in [3.05, 3.63) is 64.5 Å². The first kappa shape index (κ1) is 14.7. The van der Waals surface area contributed by atoms with Gasteiger partial charge < -0.3 is 4.57 Å². The van der Waals surface area contributed by atoms with Gasteiger partial charge in [0.15, 0.2) is 4.80 Å². The van der Waals surface area contributed by atoms with E-state index in [1.165, 1.54) is 15.8 Å². The molecule has 0 saturated heterocycles. The third kappa shape index (κ3) is 2.88. The molecule has 3 aromatic rings. The summed E-state index contributed by atoms with van der Waals surface area (Å²) in [6.45, 7) is 2.14. The van der Waals surface area contributed by atoms with Gasteiger partial charge in [-0.3, -0.25) is 4.79 Å². The van der Waals surface area contributed by atoms with Crippen LogP contribution in [-0.2, 0) is 24.7 Å². The van der Waals surface area contributed by atoms with Crippen molar-refractivity contribution in [2.24, 2.45) is 12.0 Å². The standard InChI is InChI=1S/C18H18N2OS/c1-3-14-10-7-11-15-17(14)20(2)18(22-15)19-16(21)12-13-8-5-4-6-9-13/h4-11H,3,12H2,1-2H3. The number of amides is 1. The Morgan fingerprint density at radius 1 is 1.14 bits per heavy atom. The monoisotopic (exact) mass is 310 g/mol. The van der Waals surface area contributed by atoms with Crippen LogP contribution in [0.25, 0.3) is 10.2 Å². The largest absolute Gasteiger partial charge is 0.319 e. The van der Waals surface area contributed by atoms with Crippen LogP contribution >= 0.6 is 11.3 Å². The highest BCUT2D eigenvalue weighted by Crippen LogP contribution is 2.21. The molecule has 0 spiro atoms. The molecule has 0 radical (unpaired) electrons. The predicted molar refractivity (Wildman–Crippen MR) is 90.9 cm³/mol. The molecule has 0 N–H and O–H groups in total. The normalized spacial score (nSPS) is 12.0. The van der Waals surface area contributed by atoms with Crippen molar-refractivity contribution in [2.45, 2.75) is 19.8 Å². The Bertz CT molecular complexity index is 875. The van der Waals surface area contributed by atoms with Gasteiger partial charge in [-0.25, -0.2) is 0 Å². The van der Waals surface area contributed by atoms with Crippen LogP contribution in [0.4, 0.5) is 0 Å². The Morgan fingerprint density at radius 3 is 2.64 bits per heavy atom. The number of rotatable bonds is 3. The molecule has 4 heteroatoms. The minimum Gasteiger partial charge on any atom is -0.319 e. The number of hydrogen-bond donors (Lipinski definition) is 0. The van der Waals surface area contributed by atoms with E-state index < -0.39 is 0 Å². The zero-order valence-electron chi connectivity index (χ0n) is 12.7. The molecule has 0 fully saturated rings. The lowest BCUT2D eigenvalue weighted by Crippen LogP contribution is -2.14. The number of nitrogens with zero attached hydrogens (tertiary/aromatic N) is 2. The molecule has 3 rings (SSSR count). The summed E-state index contributed by atoms with van der Waals surface area (Å²) in [5, 5.41) is 0. The van der Waals surface area contributed by atoms with E-state index in [-0.39, 0.29) is 5.91 Å². The molecule has 1 aromatic heterocycles. The second-order valence-corrected chi connectivity index (χ2v) is 6.24. The Labute approximate surface area is 133 Å². The van der Waals surface area contributed by atoms with Crippen molar-refractivity contribution in [3.63, 3.8) is 0 Å². The van der Waals surface area contributed by atoms with Gasteiger partial charge in [0.1, 0.15) is 0 Å². The van der Waals surface area contributed by atoms with Crippen LogP contribution in [0.1, 0.15) is 18.1 Å². The zero-order valence-corrected chi connectivity index (χ0v) is 13.6. The number of carbonyl (C=O) groups is 1. The van der Waals surface area contributed by atoms with E-state index >= 15 is 0 Å². The van der Waals surface area contributed by atoms with Gasteiger partial charge in [-0.15, -0.1) is 0 Å². The van der Waals surface area contributed by atoms with E-state index in [0.29, 0.717) is 6.42 Å². The number of aromatic nitrogens is 1. The number of fused-ring (bicyclic) bond motifs is 1. The van der Waals surface area contributed by atoms with Gasteiger partial charge in [0.05, 0.1) is 16.6 Å². The highest BCUT2D eigenvalue weighted by molar-refractivity contribution is 7.16. The summed E-state index contributed by atoms with van der Waals surface area (Å²) in [4.78, 5) is 17.3. The van der Waals surface area contributed by atoms with Crippen molar-refractivity contribution >= 4 is 27.5 Å². The van der Waals surface area contributed by atoms with E-state index in [4.69, 9.17) is 0 Å². The highest BCUT2D eigenvalue weighted by Gasteiger charge is 2.08. The van der Waals surface area contributed by atoms with Crippen LogP contribution in [0.15, 0.2) is 53.5 Å². The molecular weight excluding hydrogens is 292 g/mol. The molecule has 3 nitrogen and oxygen atoms in total.